The highest BCUT2D eigenvalue weighted by atomic mass is 16.5. The number of rotatable bonds is 7. The lowest BCUT2D eigenvalue weighted by atomic mass is 10.1. The monoisotopic (exact) mass is 350 g/mol. The van der Waals surface area contributed by atoms with Crippen LogP contribution in [0.3, 0.4) is 0 Å². The fourth-order valence-corrected chi connectivity index (χ4v) is 2.45. The molecule has 0 unspecified atom stereocenters. The Balaban J connectivity index is 1.72. The summed E-state index contributed by atoms with van der Waals surface area (Å²) in [6, 6.07) is 15.7. The Morgan fingerprint density at radius 2 is 1.77 bits per heavy atom. The van der Waals surface area contributed by atoms with E-state index in [2.05, 4.69) is 51.8 Å². The summed E-state index contributed by atoms with van der Waals surface area (Å²) < 4.78 is 10.6. The molecule has 0 fully saturated rings. The van der Waals surface area contributed by atoms with Crippen LogP contribution in [-0.2, 0) is 6.54 Å². The van der Waals surface area contributed by atoms with E-state index in [1.54, 1.807) is 20.4 Å². The van der Waals surface area contributed by atoms with E-state index in [1.165, 1.54) is 11.1 Å². The third-order valence-electron chi connectivity index (χ3n) is 3.90. The number of methoxy groups -OCH3 is 2. The number of nitrogens with zero attached hydrogens (tertiary/aromatic N) is 2. The van der Waals surface area contributed by atoms with Gasteiger partial charge in [0.25, 0.3) is 0 Å². The summed E-state index contributed by atoms with van der Waals surface area (Å²) >= 11 is 0. The Morgan fingerprint density at radius 3 is 2.50 bits per heavy atom. The molecular formula is C20H22N4O2. The van der Waals surface area contributed by atoms with Gasteiger partial charge in [-0.05, 0) is 30.7 Å². The number of nitrogens with one attached hydrogen (secondary N) is 2. The van der Waals surface area contributed by atoms with Gasteiger partial charge < -0.3 is 20.1 Å². The third kappa shape index (κ3) is 4.42. The fourth-order valence-electron chi connectivity index (χ4n) is 2.45. The summed E-state index contributed by atoms with van der Waals surface area (Å²) in [7, 11) is 3.24. The lowest BCUT2D eigenvalue weighted by molar-refractivity contribution is 0.405. The average molecular weight is 350 g/mol. The van der Waals surface area contributed by atoms with E-state index in [0.717, 1.165) is 17.3 Å². The van der Waals surface area contributed by atoms with Gasteiger partial charge >= 0.3 is 0 Å². The molecule has 6 nitrogen and oxygen atoms in total. The average Bonchev–Trinajstić information content (AvgIpc) is 2.68. The van der Waals surface area contributed by atoms with Crippen molar-refractivity contribution in [1.29, 1.82) is 0 Å². The van der Waals surface area contributed by atoms with Gasteiger partial charge in [0.05, 0.1) is 19.9 Å². The molecule has 6 heteroatoms. The maximum atomic E-state index is 5.37. The van der Waals surface area contributed by atoms with E-state index in [-0.39, 0.29) is 0 Å². The molecule has 0 saturated carbocycles. The van der Waals surface area contributed by atoms with Gasteiger partial charge in [0, 0.05) is 18.8 Å². The zero-order chi connectivity index (χ0) is 18.4. The second-order valence-corrected chi connectivity index (χ2v) is 5.80. The first kappa shape index (κ1) is 17.5. The largest absolute Gasteiger partial charge is 0.497 e. The smallest absolute Gasteiger partial charge is 0.229 e. The molecule has 0 radical (unpaired) electrons. The minimum Gasteiger partial charge on any atom is -0.497 e. The van der Waals surface area contributed by atoms with Crippen molar-refractivity contribution >= 4 is 17.5 Å². The number of ether oxygens (including phenoxy) is 2. The number of aromatic nitrogens is 2. The van der Waals surface area contributed by atoms with Crippen molar-refractivity contribution in [2.75, 3.05) is 24.9 Å². The zero-order valence-electron chi connectivity index (χ0n) is 15.1. The zero-order valence-corrected chi connectivity index (χ0v) is 15.1. The second kappa shape index (κ2) is 8.20. The Hall–Kier alpha value is -3.28. The molecule has 0 saturated heterocycles. The molecule has 0 aliphatic rings. The molecule has 0 spiro atoms. The first-order chi connectivity index (χ1) is 12.7. The van der Waals surface area contributed by atoms with Crippen LogP contribution in [0.25, 0.3) is 0 Å². The summed E-state index contributed by atoms with van der Waals surface area (Å²) in [6.45, 7) is 2.77. The van der Waals surface area contributed by atoms with Crippen LogP contribution in [0.2, 0.25) is 0 Å². The lowest BCUT2D eigenvalue weighted by Crippen LogP contribution is -2.05. The van der Waals surface area contributed by atoms with E-state index in [0.29, 0.717) is 18.2 Å². The van der Waals surface area contributed by atoms with Gasteiger partial charge in [0.2, 0.25) is 5.95 Å². The van der Waals surface area contributed by atoms with Gasteiger partial charge in [-0.25, -0.2) is 4.98 Å². The van der Waals surface area contributed by atoms with Crippen LogP contribution in [0, 0.1) is 6.92 Å². The molecule has 134 valence electrons. The summed E-state index contributed by atoms with van der Waals surface area (Å²) in [5, 5.41) is 6.49. The fraction of sp³-hybridized carbons (Fsp3) is 0.200. The van der Waals surface area contributed by atoms with E-state index in [9.17, 15) is 0 Å². The first-order valence-electron chi connectivity index (χ1n) is 8.29. The minimum atomic E-state index is 0.477. The van der Waals surface area contributed by atoms with Crippen molar-refractivity contribution in [3.8, 4) is 11.5 Å². The van der Waals surface area contributed by atoms with Crippen LogP contribution in [0.5, 0.6) is 11.5 Å². The van der Waals surface area contributed by atoms with Crippen molar-refractivity contribution < 1.29 is 9.47 Å². The number of benzene rings is 2. The SMILES string of the molecule is COc1ccc(OC)c(Nc2nccc(NCc3ccc(C)cc3)n2)c1. The van der Waals surface area contributed by atoms with Crippen molar-refractivity contribution in [1.82, 2.24) is 9.97 Å². The Kier molecular flexibility index (Phi) is 5.53. The standard InChI is InChI=1S/C20H22N4O2/c1-14-4-6-15(7-5-14)13-22-19-10-11-21-20(24-19)23-17-12-16(25-2)8-9-18(17)26-3/h4-12H,13H2,1-3H3,(H2,21,22,23,24). The van der Waals surface area contributed by atoms with Crippen LogP contribution < -0.4 is 20.1 Å². The Bertz CT molecular complexity index is 866. The third-order valence-corrected chi connectivity index (χ3v) is 3.90. The first-order valence-corrected chi connectivity index (χ1v) is 8.29. The normalized spacial score (nSPS) is 10.3. The molecule has 0 atom stereocenters. The van der Waals surface area contributed by atoms with Crippen LogP contribution in [0.1, 0.15) is 11.1 Å². The quantitative estimate of drug-likeness (QED) is 0.667. The van der Waals surface area contributed by atoms with E-state index >= 15 is 0 Å². The number of hydrogen-bond acceptors (Lipinski definition) is 6. The van der Waals surface area contributed by atoms with Crippen molar-refractivity contribution in [2.45, 2.75) is 13.5 Å². The molecule has 3 rings (SSSR count). The molecule has 0 bridgehead atoms. The van der Waals surface area contributed by atoms with E-state index in [1.807, 2.05) is 24.3 Å². The van der Waals surface area contributed by atoms with Gasteiger partial charge in [-0.15, -0.1) is 0 Å². The van der Waals surface area contributed by atoms with Crippen LogP contribution in [-0.4, -0.2) is 24.2 Å². The number of aryl methyl sites for hydroxylation is 1. The lowest BCUT2D eigenvalue weighted by Gasteiger charge is -2.12. The molecule has 26 heavy (non-hydrogen) atoms. The number of hydrogen-bond donors (Lipinski definition) is 2. The maximum absolute atomic E-state index is 5.37. The van der Waals surface area contributed by atoms with E-state index in [4.69, 9.17) is 9.47 Å². The molecule has 3 aromatic rings. The van der Waals surface area contributed by atoms with Crippen LogP contribution in [0.15, 0.2) is 54.7 Å². The van der Waals surface area contributed by atoms with Gasteiger partial charge in [-0.3, -0.25) is 0 Å². The predicted octanol–water partition coefficient (Wildman–Crippen LogP) is 4.16. The highest BCUT2D eigenvalue weighted by Crippen LogP contribution is 2.30. The molecule has 0 aliphatic carbocycles. The van der Waals surface area contributed by atoms with Gasteiger partial charge in [0.15, 0.2) is 0 Å². The molecule has 0 aliphatic heterocycles. The van der Waals surface area contributed by atoms with Crippen molar-refractivity contribution in [2.24, 2.45) is 0 Å². The second-order valence-electron chi connectivity index (χ2n) is 5.80. The molecule has 2 N–H and O–H groups in total. The van der Waals surface area contributed by atoms with Gasteiger partial charge in [-0.1, -0.05) is 29.8 Å². The molecular weight excluding hydrogens is 328 g/mol. The Morgan fingerprint density at radius 1 is 0.962 bits per heavy atom. The summed E-state index contributed by atoms with van der Waals surface area (Å²) in [5.74, 6) is 2.63. The van der Waals surface area contributed by atoms with E-state index < -0.39 is 0 Å². The summed E-state index contributed by atoms with van der Waals surface area (Å²) in [4.78, 5) is 8.78. The summed E-state index contributed by atoms with van der Waals surface area (Å²) in [6.07, 6.45) is 1.71. The molecule has 1 heterocycles. The molecule has 1 aromatic heterocycles. The molecule has 2 aromatic carbocycles. The number of anilines is 3. The van der Waals surface area contributed by atoms with Gasteiger partial charge in [-0.2, -0.15) is 4.98 Å². The summed E-state index contributed by atoms with van der Waals surface area (Å²) in [5.41, 5.74) is 3.18. The predicted molar refractivity (Wildman–Crippen MR) is 103 cm³/mol. The maximum Gasteiger partial charge on any atom is 0.229 e. The minimum absolute atomic E-state index is 0.477. The highest BCUT2D eigenvalue weighted by Gasteiger charge is 2.07. The van der Waals surface area contributed by atoms with Crippen LogP contribution in [0.4, 0.5) is 17.5 Å². The molecule has 0 amide bonds. The highest BCUT2D eigenvalue weighted by molar-refractivity contribution is 5.65. The van der Waals surface area contributed by atoms with Crippen molar-refractivity contribution in [3.05, 3.63) is 65.9 Å². The van der Waals surface area contributed by atoms with Gasteiger partial charge in [0.1, 0.15) is 17.3 Å². The van der Waals surface area contributed by atoms with Crippen molar-refractivity contribution in [3.63, 3.8) is 0 Å². The van der Waals surface area contributed by atoms with Crippen LogP contribution >= 0.6 is 0 Å². The topological polar surface area (TPSA) is 68.3 Å². The Labute approximate surface area is 153 Å².